The standard InChI is InChI=1S/C11H19ClN4O2S/c1-4-5-9-10(12)14-8-15-11(9)13-6-7-19(17,18)16(2)3/h8H,4-7H2,1-3H3,(H,13,14,15). The number of anilines is 1. The lowest BCUT2D eigenvalue weighted by Gasteiger charge is -2.13. The van der Waals surface area contributed by atoms with E-state index in [9.17, 15) is 8.42 Å². The van der Waals surface area contributed by atoms with Gasteiger partial charge in [-0.2, -0.15) is 0 Å². The highest BCUT2D eigenvalue weighted by atomic mass is 35.5. The Bertz CT molecular complexity index is 519. The fraction of sp³-hybridized carbons (Fsp3) is 0.636. The highest BCUT2D eigenvalue weighted by Crippen LogP contribution is 2.21. The molecular formula is C11H19ClN4O2S. The molecule has 1 rings (SSSR count). The number of aromatic nitrogens is 2. The van der Waals surface area contributed by atoms with Gasteiger partial charge in [-0.15, -0.1) is 0 Å². The van der Waals surface area contributed by atoms with Crippen LogP contribution in [-0.2, 0) is 16.4 Å². The van der Waals surface area contributed by atoms with Crippen molar-refractivity contribution in [3.05, 3.63) is 17.0 Å². The van der Waals surface area contributed by atoms with Gasteiger partial charge in [0.15, 0.2) is 0 Å². The molecule has 1 aromatic rings. The lowest BCUT2D eigenvalue weighted by molar-refractivity contribution is 0.521. The molecule has 0 bridgehead atoms. The molecule has 1 heterocycles. The van der Waals surface area contributed by atoms with Crippen molar-refractivity contribution in [2.45, 2.75) is 19.8 Å². The van der Waals surface area contributed by atoms with Crippen LogP contribution in [0, 0.1) is 0 Å². The van der Waals surface area contributed by atoms with Crippen LogP contribution in [0.2, 0.25) is 5.15 Å². The molecule has 0 saturated heterocycles. The van der Waals surface area contributed by atoms with E-state index in [1.165, 1.54) is 24.7 Å². The molecule has 0 fully saturated rings. The van der Waals surface area contributed by atoms with E-state index in [0.717, 1.165) is 18.4 Å². The summed E-state index contributed by atoms with van der Waals surface area (Å²) in [6, 6.07) is 0. The van der Waals surface area contributed by atoms with Crippen LogP contribution >= 0.6 is 11.6 Å². The van der Waals surface area contributed by atoms with E-state index in [0.29, 0.717) is 11.0 Å². The molecule has 6 nitrogen and oxygen atoms in total. The van der Waals surface area contributed by atoms with Crippen molar-refractivity contribution in [1.29, 1.82) is 0 Å². The highest BCUT2D eigenvalue weighted by Gasteiger charge is 2.14. The number of sulfonamides is 1. The SMILES string of the molecule is CCCc1c(Cl)ncnc1NCCS(=O)(=O)N(C)C. The maximum atomic E-state index is 11.6. The molecule has 0 radical (unpaired) electrons. The fourth-order valence-electron chi connectivity index (χ4n) is 1.50. The van der Waals surface area contributed by atoms with E-state index in [2.05, 4.69) is 15.3 Å². The molecule has 0 atom stereocenters. The molecular weight excluding hydrogens is 288 g/mol. The summed E-state index contributed by atoms with van der Waals surface area (Å²) in [7, 11) is -0.183. The van der Waals surface area contributed by atoms with Crippen LogP contribution in [0.1, 0.15) is 18.9 Å². The van der Waals surface area contributed by atoms with Gasteiger partial charge in [-0.1, -0.05) is 24.9 Å². The zero-order valence-corrected chi connectivity index (χ0v) is 12.9. The second kappa shape index (κ2) is 7.02. The van der Waals surface area contributed by atoms with Crippen molar-refractivity contribution in [3.8, 4) is 0 Å². The highest BCUT2D eigenvalue weighted by molar-refractivity contribution is 7.89. The molecule has 0 spiro atoms. The minimum absolute atomic E-state index is 0.00713. The van der Waals surface area contributed by atoms with Crippen LogP contribution in [-0.4, -0.2) is 49.1 Å². The Labute approximate surface area is 119 Å². The third kappa shape index (κ3) is 4.59. The summed E-state index contributed by atoms with van der Waals surface area (Å²) in [6.07, 6.45) is 3.03. The summed E-state index contributed by atoms with van der Waals surface area (Å²) < 4.78 is 24.5. The zero-order chi connectivity index (χ0) is 14.5. The first-order valence-electron chi connectivity index (χ1n) is 6.02. The van der Waals surface area contributed by atoms with Crippen molar-refractivity contribution in [2.75, 3.05) is 31.7 Å². The fourth-order valence-corrected chi connectivity index (χ4v) is 2.45. The van der Waals surface area contributed by atoms with Gasteiger partial charge in [0, 0.05) is 26.2 Å². The average Bonchev–Trinajstić information content (AvgIpc) is 2.33. The first-order valence-corrected chi connectivity index (χ1v) is 8.00. The molecule has 19 heavy (non-hydrogen) atoms. The van der Waals surface area contributed by atoms with Crippen LogP contribution in [0.5, 0.6) is 0 Å². The van der Waals surface area contributed by atoms with E-state index in [-0.39, 0.29) is 12.3 Å². The molecule has 0 aliphatic heterocycles. The monoisotopic (exact) mass is 306 g/mol. The second-order valence-electron chi connectivity index (χ2n) is 4.27. The molecule has 0 aliphatic carbocycles. The third-order valence-electron chi connectivity index (χ3n) is 2.60. The van der Waals surface area contributed by atoms with E-state index in [1.54, 1.807) is 0 Å². The smallest absolute Gasteiger partial charge is 0.215 e. The van der Waals surface area contributed by atoms with Gasteiger partial charge in [0.05, 0.1) is 5.75 Å². The van der Waals surface area contributed by atoms with Gasteiger partial charge in [0.25, 0.3) is 0 Å². The number of nitrogens with one attached hydrogen (secondary N) is 1. The summed E-state index contributed by atoms with van der Waals surface area (Å²) >= 11 is 6.01. The Hall–Kier alpha value is -0.920. The molecule has 0 amide bonds. The Morgan fingerprint density at radius 2 is 2.05 bits per heavy atom. The summed E-state index contributed by atoms with van der Waals surface area (Å²) in [5, 5.41) is 3.42. The van der Waals surface area contributed by atoms with Crippen molar-refractivity contribution >= 4 is 27.4 Å². The predicted octanol–water partition coefficient (Wildman–Crippen LogP) is 1.39. The van der Waals surface area contributed by atoms with E-state index < -0.39 is 10.0 Å². The maximum absolute atomic E-state index is 11.6. The van der Waals surface area contributed by atoms with Crippen molar-refractivity contribution in [3.63, 3.8) is 0 Å². The van der Waals surface area contributed by atoms with Gasteiger partial charge in [-0.25, -0.2) is 22.7 Å². The van der Waals surface area contributed by atoms with Crippen molar-refractivity contribution in [2.24, 2.45) is 0 Å². The van der Waals surface area contributed by atoms with Crippen LogP contribution in [0.25, 0.3) is 0 Å². The molecule has 0 saturated carbocycles. The van der Waals surface area contributed by atoms with Crippen molar-refractivity contribution < 1.29 is 8.42 Å². The van der Waals surface area contributed by atoms with Gasteiger partial charge >= 0.3 is 0 Å². The Balaban J connectivity index is 2.71. The van der Waals surface area contributed by atoms with Crippen LogP contribution in [0.4, 0.5) is 5.82 Å². The normalized spacial score (nSPS) is 11.8. The van der Waals surface area contributed by atoms with Gasteiger partial charge in [-0.05, 0) is 6.42 Å². The number of hydrogen-bond donors (Lipinski definition) is 1. The van der Waals surface area contributed by atoms with Crippen LogP contribution < -0.4 is 5.32 Å². The van der Waals surface area contributed by atoms with Gasteiger partial charge < -0.3 is 5.32 Å². The second-order valence-corrected chi connectivity index (χ2v) is 6.93. The summed E-state index contributed by atoms with van der Waals surface area (Å²) in [5.41, 5.74) is 0.828. The quantitative estimate of drug-likeness (QED) is 0.770. The van der Waals surface area contributed by atoms with Gasteiger partial charge in [0.2, 0.25) is 10.0 Å². The number of rotatable bonds is 7. The minimum atomic E-state index is -3.21. The third-order valence-corrected chi connectivity index (χ3v) is 4.76. The molecule has 108 valence electrons. The van der Waals surface area contributed by atoms with Gasteiger partial charge in [0.1, 0.15) is 17.3 Å². The lowest BCUT2D eigenvalue weighted by atomic mass is 10.2. The van der Waals surface area contributed by atoms with Crippen molar-refractivity contribution in [1.82, 2.24) is 14.3 Å². The molecule has 1 aromatic heterocycles. The lowest BCUT2D eigenvalue weighted by Crippen LogP contribution is -2.28. The van der Waals surface area contributed by atoms with Gasteiger partial charge in [-0.3, -0.25) is 0 Å². The first kappa shape index (κ1) is 16.1. The Morgan fingerprint density at radius 3 is 2.63 bits per heavy atom. The number of nitrogens with zero attached hydrogens (tertiary/aromatic N) is 3. The summed E-state index contributed by atoms with van der Waals surface area (Å²) in [6.45, 7) is 2.31. The number of hydrogen-bond acceptors (Lipinski definition) is 5. The Kier molecular flexibility index (Phi) is 5.96. The van der Waals surface area contributed by atoms with E-state index in [1.807, 2.05) is 6.92 Å². The topological polar surface area (TPSA) is 75.2 Å². The Morgan fingerprint density at radius 1 is 1.37 bits per heavy atom. The summed E-state index contributed by atoms with van der Waals surface area (Å²) in [5.74, 6) is 0.614. The first-order chi connectivity index (χ1) is 8.88. The molecule has 8 heteroatoms. The summed E-state index contributed by atoms with van der Waals surface area (Å²) in [4.78, 5) is 8.04. The predicted molar refractivity (Wildman–Crippen MR) is 77.0 cm³/mol. The largest absolute Gasteiger partial charge is 0.369 e. The molecule has 0 unspecified atom stereocenters. The van der Waals surface area contributed by atoms with Crippen LogP contribution in [0.15, 0.2) is 6.33 Å². The minimum Gasteiger partial charge on any atom is -0.369 e. The van der Waals surface area contributed by atoms with Crippen LogP contribution in [0.3, 0.4) is 0 Å². The molecule has 0 aromatic carbocycles. The van der Waals surface area contributed by atoms with E-state index >= 15 is 0 Å². The molecule has 0 aliphatic rings. The molecule has 1 N–H and O–H groups in total. The maximum Gasteiger partial charge on any atom is 0.215 e. The zero-order valence-electron chi connectivity index (χ0n) is 11.4. The average molecular weight is 307 g/mol. The number of halogens is 1. The van der Waals surface area contributed by atoms with E-state index in [4.69, 9.17) is 11.6 Å².